The highest BCUT2D eigenvalue weighted by Gasteiger charge is 2.17. The molecule has 0 aliphatic heterocycles. The Morgan fingerprint density at radius 2 is 2.00 bits per heavy atom. The van der Waals surface area contributed by atoms with Gasteiger partial charge in [0.15, 0.2) is 0 Å². The molecule has 0 spiro atoms. The van der Waals surface area contributed by atoms with E-state index in [1.807, 2.05) is 0 Å². The van der Waals surface area contributed by atoms with Gasteiger partial charge in [-0.2, -0.15) is 0 Å². The Hall–Kier alpha value is -2.00. The second-order valence-corrected chi connectivity index (χ2v) is 6.97. The van der Waals surface area contributed by atoms with Crippen molar-refractivity contribution in [2.45, 2.75) is 70.3 Å². The van der Waals surface area contributed by atoms with E-state index in [0.29, 0.717) is 6.42 Å². The molecule has 0 radical (unpaired) electrons. The summed E-state index contributed by atoms with van der Waals surface area (Å²) in [7, 11) is 1.42. The molecular formula is C20H29N3O2. The predicted octanol–water partition coefficient (Wildman–Crippen LogP) is 5.89. The van der Waals surface area contributed by atoms with Crippen LogP contribution < -0.4 is 0 Å². The first-order valence-corrected chi connectivity index (χ1v) is 9.42. The highest BCUT2D eigenvalue weighted by molar-refractivity contribution is 5.69. The Kier molecular flexibility index (Phi) is 8.33. The minimum Gasteiger partial charge on any atom is -0.469 e. The van der Waals surface area contributed by atoms with Gasteiger partial charge in [0.1, 0.15) is 0 Å². The average molecular weight is 343 g/mol. The van der Waals surface area contributed by atoms with Gasteiger partial charge < -0.3 is 4.74 Å². The molecule has 0 saturated heterocycles. The third-order valence-corrected chi connectivity index (χ3v) is 5.20. The first-order valence-electron chi connectivity index (χ1n) is 9.42. The molecule has 1 aromatic rings. The molecule has 136 valence electrons. The molecule has 1 aliphatic rings. The molecule has 5 nitrogen and oxygen atoms in total. The Morgan fingerprint density at radius 1 is 1.28 bits per heavy atom. The number of azide groups is 1. The predicted molar refractivity (Wildman–Crippen MR) is 99.1 cm³/mol. The molecule has 0 heterocycles. The van der Waals surface area contributed by atoms with Gasteiger partial charge >= 0.3 is 5.97 Å². The van der Waals surface area contributed by atoms with Crippen molar-refractivity contribution in [1.29, 1.82) is 0 Å². The molecule has 1 atom stereocenters. The number of methoxy groups -OCH3 is 1. The van der Waals surface area contributed by atoms with Crippen LogP contribution in [0.25, 0.3) is 10.4 Å². The zero-order valence-electron chi connectivity index (χ0n) is 15.2. The van der Waals surface area contributed by atoms with Crippen molar-refractivity contribution in [1.82, 2.24) is 0 Å². The Morgan fingerprint density at radius 3 is 2.64 bits per heavy atom. The molecule has 0 amide bonds. The Bertz CT molecular complexity index is 573. The van der Waals surface area contributed by atoms with Gasteiger partial charge in [0, 0.05) is 11.3 Å². The van der Waals surface area contributed by atoms with Crippen LogP contribution in [0, 0.1) is 5.92 Å². The summed E-state index contributed by atoms with van der Waals surface area (Å²) in [6, 6.07) is 8.21. The average Bonchev–Trinajstić information content (AvgIpc) is 2.66. The fraction of sp³-hybridized carbons (Fsp3) is 0.650. The third kappa shape index (κ3) is 6.79. The van der Waals surface area contributed by atoms with Crippen molar-refractivity contribution in [3.63, 3.8) is 0 Å². The van der Waals surface area contributed by atoms with Crippen molar-refractivity contribution in [3.8, 4) is 0 Å². The van der Waals surface area contributed by atoms with Crippen LogP contribution in [0.2, 0.25) is 0 Å². The number of carbonyl (C=O) groups is 1. The maximum Gasteiger partial charge on any atom is 0.305 e. The third-order valence-electron chi connectivity index (χ3n) is 5.20. The van der Waals surface area contributed by atoms with Crippen LogP contribution in [0.5, 0.6) is 0 Å². The molecule has 1 fully saturated rings. The summed E-state index contributed by atoms with van der Waals surface area (Å²) in [5.41, 5.74) is 11.2. The number of ether oxygens (including phenoxy) is 1. The van der Waals surface area contributed by atoms with Gasteiger partial charge in [-0.3, -0.25) is 4.79 Å². The van der Waals surface area contributed by atoms with Crippen LogP contribution in [0.15, 0.2) is 29.4 Å². The second kappa shape index (κ2) is 10.8. The van der Waals surface area contributed by atoms with Crippen molar-refractivity contribution in [3.05, 3.63) is 45.8 Å². The number of hydrogen-bond donors (Lipinski definition) is 0. The Labute approximate surface area is 150 Å². The highest BCUT2D eigenvalue weighted by atomic mass is 16.5. The lowest BCUT2D eigenvalue weighted by Crippen LogP contribution is -2.08. The minimum atomic E-state index is -0.164. The molecule has 1 unspecified atom stereocenters. The van der Waals surface area contributed by atoms with E-state index >= 15 is 0 Å². The SMILES string of the molecule is COC(=O)CCCc1ccc(C(CCC2CCCCC2)N=[N+]=[N-])cc1. The van der Waals surface area contributed by atoms with Crippen molar-refractivity contribution in [2.24, 2.45) is 11.0 Å². The van der Waals surface area contributed by atoms with E-state index in [2.05, 4.69) is 39.0 Å². The maximum atomic E-state index is 11.2. The molecule has 1 saturated carbocycles. The van der Waals surface area contributed by atoms with Gasteiger partial charge in [-0.1, -0.05) is 61.5 Å². The van der Waals surface area contributed by atoms with Crippen LogP contribution >= 0.6 is 0 Å². The summed E-state index contributed by atoms with van der Waals surface area (Å²) in [5, 5.41) is 4.02. The standard InChI is InChI=1S/C20H29N3O2/c1-25-20(24)9-5-8-17-10-13-18(14-11-17)19(22-23-21)15-12-16-6-3-2-4-7-16/h10-11,13-14,16,19H,2-9,12,15H2,1H3. The van der Waals surface area contributed by atoms with E-state index in [0.717, 1.165) is 37.2 Å². The number of nitrogens with zero attached hydrogens (tertiary/aromatic N) is 3. The van der Waals surface area contributed by atoms with Crippen LogP contribution in [0.1, 0.15) is 75.0 Å². The number of carbonyl (C=O) groups excluding carboxylic acids is 1. The lowest BCUT2D eigenvalue weighted by atomic mass is 9.84. The van der Waals surface area contributed by atoms with Gasteiger partial charge in [-0.15, -0.1) is 0 Å². The number of hydrogen-bond acceptors (Lipinski definition) is 3. The van der Waals surface area contributed by atoms with Gasteiger partial charge in [0.05, 0.1) is 13.2 Å². The fourth-order valence-corrected chi connectivity index (χ4v) is 3.67. The largest absolute Gasteiger partial charge is 0.469 e. The van der Waals surface area contributed by atoms with E-state index in [4.69, 9.17) is 5.53 Å². The number of rotatable bonds is 9. The van der Waals surface area contributed by atoms with Crippen molar-refractivity contribution < 1.29 is 9.53 Å². The van der Waals surface area contributed by atoms with E-state index in [9.17, 15) is 4.79 Å². The summed E-state index contributed by atoms with van der Waals surface area (Å²) in [6.07, 6.45) is 10.9. The van der Waals surface area contributed by atoms with Crippen LogP contribution in [-0.4, -0.2) is 13.1 Å². The minimum absolute atomic E-state index is 0.0731. The van der Waals surface area contributed by atoms with Gasteiger partial charge in [-0.25, -0.2) is 0 Å². The zero-order chi connectivity index (χ0) is 17.9. The first kappa shape index (κ1) is 19.3. The second-order valence-electron chi connectivity index (χ2n) is 6.97. The summed E-state index contributed by atoms with van der Waals surface area (Å²) in [5.74, 6) is 0.630. The van der Waals surface area contributed by atoms with Crippen LogP contribution in [0.4, 0.5) is 0 Å². The quantitative estimate of drug-likeness (QED) is 0.242. The number of esters is 1. The van der Waals surface area contributed by atoms with Crippen LogP contribution in [0.3, 0.4) is 0 Å². The molecule has 1 aromatic carbocycles. The zero-order valence-corrected chi connectivity index (χ0v) is 15.2. The smallest absolute Gasteiger partial charge is 0.305 e. The highest BCUT2D eigenvalue weighted by Crippen LogP contribution is 2.32. The maximum absolute atomic E-state index is 11.2. The van der Waals surface area contributed by atoms with Crippen molar-refractivity contribution >= 4 is 5.97 Å². The monoisotopic (exact) mass is 343 g/mol. The number of benzene rings is 1. The van der Waals surface area contributed by atoms with Gasteiger partial charge in [0.2, 0.25) is 0 Å². The molecule has 0 aromatic heterocycles. The van der Waals surface area contributed by atoms with E-state index in [1.54, 1.807) is 0 Å². The van der Waals surface area contributed by atoms with Crippen LogP contribution in [-0.2, 0) is 16.0 Å². The van der Waals surface area contributed by atoms with Gasteiger partial charge in [0.25, 0.3) is 0 Å². The molecular weight excluding hydrogens is 314 g/mol. The van der Waals surface area contributed by atoms with Crippen molar-refractivity contribution in [2.75, 3.05) is 7.11 Å². The molecule has 2 rings (SSSR count). The Balaban J connectivity index is 1.87. The molecule has 1 aliphatic carbocycles. The lowest BCUT2D eigenvalue weighted by Gasteiger charge is -2.23. The lowest BCUT2D eigenvalue weighted by molar-refractivity contribution is -0.140. The van der Waals surface area contributed by atoms with Gasteiger partial charge in [-0.05, 0) is 48.3 Å². The van der Waals surface area contributed by atoms with E-state index < -0.39 is 0 Å². The summed E-state index contributed by atoms with van der Waals surface area (Å²) in [6.45, 7) is 0. The molecule has 5 heteroatoms. The number of aryl methyl sites for hydroxylation is 1. The topological polar surface area (TPSA) is 75.1 Å². The summed E-state index contributed by atoms with van der Waals surface area (Å²) >= 11 is 0. The normalized spacial score (nSPS) is 16.0. The summed E-state index contributed by atoms with van der Waals surface area (Å²) in [4.78, 5) is 14.2. The first-order chi connectivity index (χ1) is 12.2. The molecule has 25 heavy (non-hydrogen) atoms. The van der Waals surface area contributed by atoms with E-state index in [1.165, 1.54) is 44.8 Å². The molecule has 0 N–H and O–H groups in total. The summed E-state index contributed by atoms with van der Waals surface area (Å²) < 4.78 is 4.66. The van der Waals surface area contributed by atoms with E-state index in [-0.39, 0.29) is 12.0 Å². The molecule has 0 bridgehead atoms. The fourth-order valence-electron chi connectivity index (χ4n) is 3.67.